The molecule has 4 aromatic rings. The number of benzene rings is 2. The van der Waals surface area contributed by atoms with Gasteiger partial charge in [-0.2, -0.15) is 18.3 Å². The Bertz CT molecular complexity index is 2710. The van der Waals surface area contributed by atoms with Crippen LogP contribution in [0.3, 0.4) is 0 Å². The number of anilines is 1. The molecule has 3 fully saturated rings. The summed E-state index contributed by atoms with van der Waals surface area (Å²) in [7, 11) is 2.06. The summed E-state index contributed by atoms with van der Waals surface area (Å²) >= 11 is 0. The van der Waals surface area contributed by atoms with E-state index in [1.165, 1.54) is 12.3 Å². The fourth-order valence-electron chi connectivity index (χ4n) is 10.1. The monoisotopic (exact) mass is 1090 g/mol. The second kappa shape index (κ2) is 23.9. The van der Waals surface area contributed by atoms with Gasteiger partial charge in [0.25, 0.3) is 6.43 Å². The first-order valence-corrected chi connectivity index (χ1v) is 24.9. The van der Waals surface area contributed by atoms with Crippen LogP contribution in [0.15, 0.2) is 54.9 Å². The lowest BCUT2D eigenvalue weighted by Crippen LogP contribution is -2.62. The van der Waals surface area contributed by atoms with Crippen LogP contribution >= 0.6 is 0 Å². The molecule has 7 rings (SSSR count). The number of nitrogens with zero attached hydrogens (tertiary/aromatic N) is 6. The standard InChI is InChI=1S/C51H64F7N11O8/c1-49(2,42(44(59)71)64-47(73)75-5)18-39-33(20-61-46(63-39)67-22-30-11-12-31(23-67)69(30)32-25-77-26-32)28-9-7-27(8-10-28)15-38(62-45(72)43(65-48(74)76-6)50(3,4)51(56,57)58)40(70)21-60-19-34-35(52)16-29(17-36(34)53)37-13-14-68(66-37)24-41(54)55/h7-10,13-14,16-17,20,30-32,38,40-43,60,70H,11-12,15,18-19,21-26H2,1-6H3,(H2,59,71)(H,62,72)(H,64,73)(H,65,74)/t30?,31?,38?,40-,42+,43+/m0/s1. The number of halogens is 7. The van der Waals surface area contributed by atoms with Crippen molar-refractivity contribution in [1.29, 1.82) is 0 Å². The van der Waals surface area contributed by atoms with E-state index in [0.717, 1.165) is 43.9 Å². The number of amides is 4. The van der Waals surface area contributed by atoms with E-state index >= 15 is 8.78 Å². The number of ether oxygens (including phenoxy) is 3. The predicted octanol–water partition coefficient (Wildman–Crippen LogP) is 4.87. The fraction of sp³-hybridized carbons (Fsp3) is 0.549. The van der Waals surface area contributed by atoms with Crippen LogP contribution in [-0.2, 0) is 49.7 Å². The minimum atomic E-state index is -5.04. The van der Waals surface area contributed by atoms with Crippen molar-refractivity contribution in [2.24, 2.45) is 16.6 Å². The number of alkyl halides is 5. The van der Waals surface area contributed by atoms with Gasteiger partial charge in [0, 0.05) is 67.3 Å². The van der Waals surface area contributed by atoms with Gasteiger partial charge in [-0.05, 0) is 74.3 Å². The number of primary amides is 1. The van der Waals surface area contributed by atoms with Crippen LogP contribution in [0.2, 0.25) is 0 Å². The number of carbonyl (C=O) groups is 4. The molecule has 4 amide bonds. The molecular formula is C51H64F7N11O8. The lowest BCUT2D eigenvalue weighted by atomic mass is 9.78. The maximum absolute atomic E-state index is 15.4. The maximum Gasteiger partial charge on any atom is 0.407 e. The normalized spacial score (nSPS) is 18.8. The lowest BCUT2D eigenvalue weighted by Gasteiger charge is -2.47. The van der Waals surface area contributed by atoms with Crippen LogP contribution in [0.4, 0.5) is 46.3 Å². The molecule has 3 saturated heterocycles. The molecular weight excluding hydrogens is 1030 g/mol. The van der Waals surface area contributed by atoms with Crippen LogP contribution in [0.25, 0.3) is 22.4 Å². The first-order chi connectivity index (χ1) is 36.3. The van der Waals surface area contributed by atoms with Crippen LogP contribution < -0.4 is 31.9 Å². The molecule has 5 heterocycles. The van der Waals surface area contributed by atoms with E-state index in [4.69, 9.17) is 25.2 Å². The van der Waals surface area contributed by atoms with E-state index in [2.05, 4.69) is 35.6 Å². The Morgan fingerprint density at radius 1 is 0.870 bits per heavy atom. The van der Waals surface area contributed by atoms with Gasteiger partial charge in [0.05, 0.1) is 62.4 Å². The maximum atomic E-state index is 15.4. The molecule has 420 valence electrons. The molecule has 3 aliphatic heterocycles. The number of piperazine rings is 1. The number of aliphatic hydroxyl groups excluding tert-OH is 1. The lowest BCUT2D eigenvalue weighted by molar-refractivity contribution is -0.220. The van der Waals surface area contributed by atoms with Crippen molar-refractivity contribution in [3.63, 3.8) is 0 Å². The number of fused-ring (bicyclic) bond motifs is 2. The molecule has 6 atom stereocenters. The number of hydrogen-bond donors (Lipinski definition) is 6. The third-order valence-corrected chi connectivity index (χ3v) is 14.6. The van der Waals surface area contributed by atoms with Crippen molar-refractivity contribution >= 4 is 29.9 Å². The molecule has 3 unspecified atom stereocenters. The zero-order valence-corrected chi connectivity index (χ0v) is 43.3. The Balaban J connectivity index is 1.16. The molecule has 7 N–H and O–H groups in total. The number of nitrogens with two attached hydrogens (primary N) is 1. The molecule has 0 aliphatic carbocycles. The second-order valence-corrected chi connectivity index (χ2v) is 20.8. The molecule has 2 aromatic heterocycles. The Morgan fingerprint density at radius 2 is 1.48 bits per heavy atom. The molecule has 0 spiro atoms. The molecule has 2 aromatic carbocycles. The van der Waals surface area contributed by atoms with Gasteiger partial charge < -0.3 is 51.2 Å². The summed E-state index contributed by atoms with van der Waals surface area (Å²) < 4.78 is 116. The van der Waals surface area contributed by atoms with E-state index in [-0.39, 0.29) is 36.2 Å². The summed E-state index contributed by atoms with van der Waals surface area (Å²) in [5.41, 5.74) is 3.47. The summed E-state index contributed by atoms with van der Waals surface area (Å²) in [5, 5.41) is 25.3. The predicted molar refractivity (Wildman–Crippen MR) is 265 cm³/mol. The second-order valence-electron chi connectivity index (χ2n) is 20.8. The summed E-state index contributed by atoms with van der Waals surface area (Å²) in [6, 6.07) is 5.90. The van der Waals surface area contributed by atoms with E-state index in [0.29, 0.717) is 74.5 Å². The SMILES string of the molecule is COC(=O)N[C@H](C(N)=O)C(C)(C)Cc1nc(N2CC3CCC(C2)N3C2COC2)ncc1-c1ccc(CC(NC(=O)[C@@H](NC(=O)OC)C(C)(C)C(F)(F)F)[C@@H](O)CNCc2c(F)cc(-c3ccn(CC(F)F)n3)cc2F)cc1. The number of nitrogens with one attached hydrogen (secondary N) is 4. The Hall–Kier alpha value is -6.64. The average molecular weight is 1090 g/mol. The van der Waals surface area contributed by atoms with Crippen molar-refractivity contribution in [3.05, 3.63) is 83.3 Å². The Labute approximate surface area is 439 Å². The van der Waals surface area contributed by atoms with Gasteiger partial charge in [-0.1, -0.05) is 38.1 Å². The van der Waals surface area contributed by atoms with Crippen molar-refractivity contribution in [1.82, 2.24) is 45.9 Å². The van der Waals surface area contributed by atoms with Crippen molar-refractivity contribution in [2.75, 3.05) is 52.0 Å². The van der Waals surface area contributed by atoms with Crippen molar-refractivity contribution < 1.29 is 69.2 Å². The van der Waals surface area contributed by atoms with Crippen LogP contribution in [0.1, 0.15) is 57.4 Å². The number of aromatic nitrogens is 4. The summed E-state index contributed by atoms with van der Waals surface area (Å²) in [5.74, 6) is -3.77. The van der Waals surface area contributed by atoms with Gasteiger partial charge in [0.2, 0.25) is 17.8 Å². The summed E-state index contributed by atoms with van der Waals surface area (Å²) in [4.78, 5) is 66.1. The van der Waals surface area contributed by atoms with Gasteiger partial charge in [0.1, 0.15) is 30.3 Å². The molecule has 77 heavy (non-hydrogen) atoms. The first kappa shape index (κ1) is 58.1. The number of rotatable bonds is 22. The minimum absolute atomic E-state index is 0.0317. The van der Waals surface area contributed by atoms with Crippen molar-refractivity contribution in [2.45, 2.75) is 121 Å². The highest BCUT2D eigenvalue weighted by Gasteiger charge is 2.56. The largest absolute Gasteiger partial charge is 0.453 e. The quantitative estimate of drug-likeness (QED) is 0.0576. The molecule has 0 radical (unpaired) electrons. The highest BCUT2D eigenvalue weighted by atomic mass is 19.4. The number of methoxy groups -OCH3 is 2. The fourth-order valence-corrected chi connectivity index (χ4v) is 10.1. The molecule has 2 bridgehead atoms. The molecule has 3 aliphatic rings. The number of aliphatic hydroxyl groups is 1. The van der Waals surface area contributed by atoms with Gasteiger partial charge in [-0.3, -0.25) is 19.2 Å². The van der Waals surface area contributed by atoms with Crippen molar-refractivity contribution in [3.8, 4) is 22.4 Å². The van der Waals surface area contributed by atoms with E-state index in [9.17, 15) is 46.2 Å². The van der Waals surface area contributed by atoms with E-state index < -0.39 is 108 Å². The zero-order valence-electron chi connectivity index (χ0n) is 43.3. The van der Waals surface area contributed by atoms with E-state index in [1.54, 1.807) is 44.3 Å². The Kier molecular flexibility index (Phi) is 18.0. The average Bonchev–Trinajstić information content (AvgIpc) is 3.92. The van der Waals surface area contributed by atoms with Gasteiger partial charge in [-0.25, -0.2) is 37.1 Å². The highest BCUT2D eigenvalue weighted by molar-refractivity contribution is 5.87. The highest BCUT2D eigenvalue weighted by Crippen LogP contribution is 2.41. The van der Waals surface area contributed by atoms with Gasteiger partial charge >= 0.3 is 18.4 Å². The van der Waals surface area contributed by atoms with Crippen LogP contribution in [-0.4, -0.2) is 156 Å². The Morgan fingerprint density at radius 3 is 2.03 bits per heavy atom. The number of hydrogen-bond acceptors (Lipinski definition) is 14. The van der Waals surface area contributed by atoms with Gasteiger partial charge in [0.15, 0.2) is 0 Å². The molecule has 19 nitrogen and oxygen atoms in total. The molecule has 0 saturated carbocycles. The summed E-state index contributed by atoms with van der Waals surface area (Å²) in [6.07, 6.45) is -6.84. The van der Waals surface area contributed by atoms with Crippen LogP contribution in [0, 0.1) is 22.5 Å². The van der Waals surface area contributed by atoms with Gasteiger partial charge in [-0.15, -0.1) is 0 Å². The topological polar surface area (TPSA) is 240 Å². The number of carbonyl (C=O) groups excluding carboxylic acids is 4. The molecule has 26 heteroatoms. The zero-order chi connectivity index (χ0) is 56.1. The third kappa shape index (κ3) is 13.6. The van der Waals surface area contributed by atoms with E-state index in [1.807, 2.05) is 5.32 Å². The number of alkyl carbamates (subject to hydrolysis) is 2. The minimum Gasteiger partial charge on any atom is -0.453 e. The third-order valence-electron chi connectivity index (χ3n) is 14.6. The smallest absolute Gasteiger partial charge is 0.407 e. The first-order valence-electron chi connectivity index (χ1n) is 24.9. The van der Waals surface area contributed by atoms with Crippen LogP contribution in [0.5, 0.6) is 0 Å². The summed E-state index contributed by atoms with van der Waals surface area (Å²) in [6.45, 7) is 5.88.